The number of aryl methyl sites for hydroxylation is 1. The van der Waals surface area contributed by atoms with Crippen LogP contribution in [0, 0.1) is 6.92 Å². The van der Waals surface area contributed by atoms with Crippen molar-refractivity contribution in [1.82, 2.24) is 9.55 Å². The van der Waals surface area contributed by atoms with Crippen molar-refractivity contribution < 1.29 is 9.84 Å². The molecule has 1 aromatic heterocycles. The highest BCUT2D eigenvalue weighted by Crippen LogP contribution is 2.39. The van der Waals surface area contributed by atoms with Crippen LogP contribution in [0.1, 0.15) is 34.7 Å². The summed E-state index contributed by atoms with van der Waals surface area (Å²) >= 11 is 0. The summed E-state index contributed by atoms with van der Waals surface area (Å²) in [5.74, 6) is 0.622. The smallest absolute Gasteiger partial charge is 0.297 e. The molecule has 172 valence electrons. The third-order valence-corrected chi connectivity index (χ3v) is 6.15. The van der Waals surface area contributed by atoms with Gasteiger partial charge in [0.1, 0.15) is 5.75 Å². The number of anilines is 2. The van der Waals surface area contributed by atoms with Crippen molar-refractivity contribution in [3.05, 3.63) is 112 Å². The molecule has 34 heavy (non-hydrogen) atoms. The van der Waals surface area contributed by atoms with E-state index in [1.165, 1.54) is 10.1 Å². The van der Waals surface area contributed by atoms with Gasteiger partial charge in [0, 0.05) is 14.1 Å². The Morgan fingerprint density at radius 1 is 1.00 bits per heavy atom. The van der Waals surface area contributed by atoms with E-state index in [9.17, 15) is 9.90 Å². The number of nitrogens with zero attached hydrogens (tertiary/aromatic N) is 3. The summed E-state index contributed by atoms with van der Waals surface area (Å²) in [7, 11) is 3.51. The Bertz CT molecular complexity index is 1360. The molecule has 5 rings (SSSR count). The molecule has 0 amide bonds. The number of aromatic nitrogens is 2. The van der Waals surface area contributed by atoms with E-state index in [1.807, 2.05) is 54.4 Å². The lowest BCUT2D eigenvalue weighted by Crippen LogP contribution is -2.34. The zero-order chi connectivity index (χ0) is 23.8. The third-order valence-electron chi connectivity index (χ3n) is 6.15. The van der Waals surface area contributed by atoms with Gasteiger partial charge in [-0.1, -0.05) is 72.3 Å². The van der Waals surface area contributed by atoms with Crippen LogP contribution in [-0.2, 0) is 7.05 Å². The van der Waals surface area contributed by atoms with Crippen molar-refractivity contribution >= 4 is 11.6 Å². The van der Waals surface area contributed by atoms with Crippen LogP contribution in [-0.4, -0.2) is 21.7 Å². The van der Waals surface area contributed by atoms with Crippen molar-refractivity contribution in [2.75, 3.05) is 17.3 Å². The monoisotopic (exact) mass is 454 g/mol. The largest absolute Gasteiger partial charge is 0.502 e. The summed E-state index contributed by atoms with van der Waals surface area (Å²) in [6.07, 6.45) is -0.770. The molecule has 1 aliphatic heterocycles. The van der Waals surface area contributed by atoms with Crippen molar-refractivity contribution in [2.45, 2.75) is 19.2 Å². The molecule has 0 bridgehead atoms. The minimum atomic E-state index is -0.770. The molecule has 7 nitrogen and oxygen atoms in total. The molecule has 0 saturated heterocycles. The van der Waals surface area contributed by atoms with Gasteiger partial charge in [-0.25, -0.2) is 4.98 Å². The molecule has 4 aromatic rings. The topological polar surface area (TPSA) is 79.6 Å². The van der Waals surface area contributed by atoms with Gasteiger partial charge in [-0.05, 0) is 30.2 Å². The number of aromatic hydroxyl groups is 1. The van der Waals surface area contributed by atoms with E-state index in [0.29, 0.717) is 11.7 Å². The fourth-order valence-electron chi connectivity index (χ4n) is 4.34. The van der Waals surface area contributed by atoms with E-state index in [-0.39, 0.29) is 11.7 Å². The highest BCUT2D eigenvalue weighted by atomic mass is 16.5. The van der Waals surface area contributed by atoms with Crippen molar-refractivity contribution in [2.24, 2.45) is 7.05 Å². The zero-order valence-corrected chi connectivity index (χ0v) is 19.3. The highest BCUT2D eigenvalue weighted by Gasteiger charge is 2.31. The van der Waals surface area contributed by atoms with Crippen LogP contribution in [0.5, 0.6) is 11.5 Å². The number of nitrogens with one attached hydrogen (secondary N) is 1. The van der Waals surface area contributed by atoms with Crippen LogP contribution in [0.3, 0.4) is 0 Å². The summed E-state index contributed by atoms with van der Waals surface area (Å²) in [5.41, 5.74) is 3.68. The first-order valence-electron chi connectivity index (χ1n) is 11.1. The Labute approximate surface area is 197 Å². The van der Waals surface area contributed by atoms with E-state index in [2.05, 4.69) is 48.6 Å². The fraction of sp³-hybridized carbons (Fsp3) is 0.185. The maximum absolute atomic E-state index is 13.0. The lowest BCUT2D eigenvalue weighted by molar-refractivity contribution is 0.246. The lowest BCUT2D eigenvalue weighted by atomic mass is 9.97. The zero-order valence-electron chi connectivity index (χ0n) is 19.3. The molecular weight excluding hydrogens is 428 g/mol. The average molecular weight is 455 g/mol. The maximum Gasteiger partial charge on any atom is 0.297 e. The first kappa shape index (κ1) is 21.6. The van der Waals surface area contributed by atoms with Crippen LogP contribution in [0.2, 0.25) is 0 Å². The molecule has 2 heterocycles. The summed E-state index contributed by atoms with van der Waals surface area (Å²) in [6, 6.07) is 25.6. The number of para-hydroxylation sites is 2. The Hall–Kier alpha value is -4.26. The molecule has 1 aliphatic rings. The van der Waals surface area contributed by atoms with Gasteiger partial charge in [-0.2, -0.15) is 0 Å². The summed E-state index contributed by atoms with van der Waals surface area (Å²) in [5, 5.41) is 13.9. The van der Waals surface area contributed by atoms with Gasteiger partial charge in [0.2, 0.25) is 17.9 Å². The van der Waals surface area contributed by atoms with E-state index >= 15 is 0 Å². The van der Waals surface area contributed by atoms with E-state index in [1.54, 1.807) is 7.05 Å². The molecule has 0 radical (unpaired) electrons. The second-order valence-corrected chi connectivity index (χ2v) is 8.48. The molecule has 0 aliphatic carbocycles. The van der Waals surface area contributed by atoms with Crippen LogP contribution < -0.4 is 20.5 Å². The SMILES string of the molecule is Cc1ccc(C(c2ccccc2)N(C)c2nc(C3Nc4ccccc4O3)c(O)c(=O)n2C)cc1. The number of fused-ring (bicyclic) bond motifs is 1. The maximum atomic E-state index is 13.0. The van der Waals surface area contributed by atoms with Crippen molar-refractivity contribution in [1.29, 1.82) is 0 Å². The molecule has 2 N–H and O–H groups in total. The van der Waals surface area contributed by atoms with Crippen LogP contribution in [0.25, 0.3) is 0 Å². The minimum absolute atomic E-state index is 0.150. The van der Waals surface area contributed by atoms with Gasteiger partial charge >= 0.3 is 0 Å². The Balaban J connectivity index is 1.60. The summed E-state index contributed by atoms with van der Waals surface area (Å²) in [6.45, 7) is 2.05. The number of rotatable bonds is 5. The van der Waals surface area contributed by atoms with Gasteiger partial charge in [0.05, 0.1) is 11.7 Å². The number of hydrogen-bond donors (Lipinski definition) is 2. The minimum Gasteiger partial charge on any atom is -0.502 e. The molecule has 7 heteroatoms. The van der Waals surface area contributed by atoms with Gasteiger partial charge in [-0.3, -0.25) is 9.36 Å². The van der Waals surface area contributed by atoms with Gasteiger partial charge < -0.3 is 20.1 Å². The lowest BCUT2D eigenvalue weighted by Gasteiger charge is -2.31. The average Bonchev–Trinajstić information content (AvgIpc) is 3.29. The van der Waals surface area contributed by atoms with Gasteiger partial charge in [-0.15, -0.1) is 0 Å². The normalized spacial score (nSPS) is 15.2. The highest BCUT2D eigenvalue weighted by molar-refractivity contribution is 5.61. The standard InChI is InChI=1S/C27H26N4O3/c1-17-13-15-19(16-14-17)23(18-9-5-4-6-10-18)30(2)27-29-22(24(32)26(33)31(27)3)25-28-20-11-7-8-12-21(20)34-25/h4-16,23,25,28,32H,1-3H3. The summed E-state index contributed by atoms with van der Waals surface area (Å²) < 4.78 is 7.31. The van der Waals surface area contributed by atoms with Gasteiger partial charge in [0.25, 0.3) is 5.56 Å². The molecule has 0 fully saturated rings. The molecule has 0 spiro atoms. The quantitative estimate of drug-likeness (QED) is 0.462. The van der Waals surface area contributed by atoms with Crippen LogP contribution in [0.15, 0.2) is 83.7 Å². The Morgan fingerprint density at radius 3 is 2.35 bits per heavy atom. The van der Waals surface area contributed by atoms with E-state index in [0.717, 1.165) is 16.8 Å². The molecular formula is C27H26N4O3. The first-order valence-corrected chi connectivity index (χ1v) is 11.1. The van der Waals surface area contributed by atoms with E-state index < -0.39 is 17.5 Å². The number of ether oxygens (including phenoxy) is 1. The third kappa shape index (κ3) is 3.75. The number of benzene rings is 3. The Morgan fingerprint density at radius 2 is 1.65 bits per heavy atom. The van der Waals surface area contributed by atoms with Gasteiger partial charge in [0.15, 0.2) is 5.69 Å². The van der Waals surface area contributed by atoms with E-state index in [4.69, 9.17) is 9.72 Å². The first-order chi connectivity index (χ1) is 16.4. The summed E-state index contributed by atoms with van der Waals surface area (Å²) in [4.78, 5) is 19.7. The molecule has 2 unspecified atom stereocenters. The van der Waals surface area contributed by atoms with Crippen LogP contribution >= 0.6 is 0 Å². The van der Waals surface area contributed by atoms with Crippen molar-refractivity contribution in [3.8, 4) is 11.5 Å². The predicted molar refractivity (Wildman–Crippen MR) is 132 cm³/mol. The Kier molecular flexibility index (Phi) is 5.45. The van der Waals surface area contributed by atoms with Crippen molar-refractivity contribution in [3.63, 3.8) is 0 Å². The second kappa shape index (κ2) is 8.59. The molecule has 0 saturated carbocycles. The predicted octanol–water partition coefficient (Wildman–Crippen LogP) is 4.52. The van der Waals surface area contributed by atoms with Crippen LogP contribution in [0.4, 0.5) is 11.6 Å². The fourth-order valence-corrected chi connectivity index (χ4v) is 4.34. The second-order valence-electron chi connectivity index (χ2n) is 8.48. The number of hydrogen-bond acceptors (Lipinski definition) is 6. The molecule has 3 aromatic carbocycles. The molecule has 2 atom stereocenters.